The van der Waals surface area contributed by atoms with Gasteiger partial charge in [-0.05, 0) is 43.7 Å². The lowest BCUT2D eigenvalue weighted by molar-refractivity contribution is 0.0894. The summed E-state index contributed by atoms with van der Waals surface area (Å²) in [5, 5.41) is 4.24. The highest BCUT2D eigenvalue weighted by molar-refractivity contribution is 7.89. The largest absolute Gasteiger partial charge is 0.371 e. The number of halogens is 1. The van der Waals surface area contributed by atoms with Crippen molar-refractivity contribution in [2.24, 2.45) is 5.92 Å². The monoisotopic (exact) mass is 411 g/mol. The minimum Gasteiger partial charge on any atom is -0.371 e. The van der Waals surface area contributed by atoms with E-state index in [1.54, 1.807) is 18.2 Å². The fourth-order valence-corrected chi connectivity index (χ4v) is 5.44. The van der Waals surface area contributed by atoms with Gasteiger partial charge in [0.15, 0.2) is 5.82 Å². The fraction of sp³-hybridized carbons (Fsp3) is 0.556. The Morgan fingerprint density at radius 2 is 2.04 bits per heavy atom. The molecule has 1 saturated carbocycles. The van der Waals surface area contributed by atoms with Crippen LogP contribution in [-0.4, -0.2) is 36.0 Å². The average molecular weight is 412 g/mol. The molecule has 1 unspecified atom stereocenters. The Kier molecular flexibility index (Phi) is 5.50. The first-order valence-corrected chi connectivity index (χ1v) is 11.0. The first kappa shape index (κ1) is 18.9. The molecule has 1 saturated heterocycles. The van der Waals surface area contributed by atoms with Crippen LogP contribution in [0.3, 0.4) is 0 Å². The molecule has 0 amide bonds. The molecule has 0 N–H and O–H groups in total. The molecule has 4 rings (SSSR count). The maximum absolute atomic E-state index is 13.2. The van der Waals surface area contributed by atoms with Crippen LogP contribution in [0.5, 0.6) is 0 Å². The van der Waals surface area contributed by atoms with Gasteiger partial charge in [0.25, 0.3) is 5.89 Å². The van der Waals surface area contributed by atoms with Crippen LogP contribution < -0.4 is 0 Å². The number of piperidine rings is 1. The summed E-state index contributed by atoms with van der Waals surface area (Å²) in [6.45, 7) is 1.36. The van der Waals surface area contributed by atoms with Crippen molar-refractivity contribution < 1.29 is 17.7 Å². The van der Waals surface area contributed by atoms with Crippen molar-refractivity contribution in [3.05, 3.63) is 41.0 Å². The molecule has 1 aromatic carbocycles. The van der Waals surface area contributed by atoms with Gasteiger partial charge >= 0.3 is 0 Å². The lowest BCUT2D eigenvalue weighted by atomic mass is 10.0. The van der Waals surface area contributed by atoms with E-state index >= 15 is 0 Å². The Labute approximate surface area is 163 Å². The molecule has 1 atom stereocenters. The lowest BCUT2D eigenvalue weighted by Crippen LogP contribution is -2.39. The molecule has 9 heteroatoms. The molecule has 0 spiro atoms. The molecule has 2 fully saturated rings. The number of rotatable bonds is 7. The van der Waals surface area contributed by atoms with Crippen LogP contribution in [0.15, 0.2) is 33.7 Å². The van der Waals surface area contributed by atoms with Gasteiger partial charge < -0.3 is 9.26 Å². The van der Waals surface area contributed by atoms with Crippen molar-refractivity contribution in [1.29, 1.82) is 0 Å². The fourth-order valence-electron chi connectivity index (χ4n) is 3.29. The summed E-state index contributed by atoms with van der Waals surface area (Å²) in [4.78, 5) is 4.50. The van der Waals surface area contributed by atoms with Gasteiger partial charge in [-0.1, -0.05) is 35.3 Å². The standard InChI is InChI=1S/C18H22ClN3O4S/c19-14-5-1-2-7-16(14)27(23,24)22-10-4-3-6-15(22)18-20-17(26-21-18)12-25-11-13-8-9-13/h1-2,5,7,13,15H,3-4,6,8-12H2. The van der Waals surface area contributed by atoms with E-state index in [0.717, 1.165) is 12.8 Å². The Bertz CT molecular complexity index is 898. The molecule has 2 aliphatic rings. The van der Waals surface area contributed by atoms with E-state index in [9.17, 15) is 8.42 Å². The van der Waals surface area contributed by atoms with Crippen molar-refractivity contribution in [3.63, 3.8) is 0 Å². The van der Waals surface area contributed by atoms with Gasteiger partial charge in [-0.3, -0.25) is 0 Å². The molecule has 0 bridgehead atoms. The molecular weight excluding hydrogens is 390 g/mol. The highest BCUT2D eigenvalue weighted by atomic mass is 35.5. The normalized spacial score (nSPS) is 21.4. The van der Waals surface area contributed by atoms with Crippen molar-refractivity contribution in [1.82, 2.24) is 14.4 Å². The summed E-state index contributed by atoms with van der Waals surface area (Å²) in [7, 11) is -3.75. The minimum atomic E-state index is -3.75. The molecule has 7 nitrogen and oxygen atoms in total. The van der Waals surface area contributed by atoms with Crippen molar-refractivity contribution in [2.45, 2.75) is 49.6 Å². The van der Waals surface area contributed by atoms with Gasteiger partial charge in [-0.25, -0.2) is 8.42 Å². The molecule has 2 aromatic rings. The van der Waals surface area contributed by atoms with Gasteiger partial charge in [0, 0.05) is 6.54 Å². The van der Waals surface area contributed by atoms with Gasteiger partial charge in [0.2, 0.25) is 10.0 Å². The predicted octanol–water partition coefficient (Wildman–Crippen LogP) is 3.57. The summed E-state index contributed by atoms with van der Waals surface area (Å²) >= 11 is 6.14. The van der Waals surface area contributed by atoms with E-state index < -0.39 is 16.1 Å². The van der Waals surface area contributed by atoms with Crippen LogP contribution in [-0.2, 0) is 21.4 Å². The maximum atomic E-state index is 13.2. The second-order valence-electron chi connectivity index (χ2n) is 7.06. The number of benzene rings is 1. The number of sulfonamides is 1. The second-order valence-corrected chi connectivity index (χ2v) is 9.33. The molecule has 1 aromatic heterocycles. The molecule has 146 valence electrons. The Hall–Kier alpha value is -1.48. The van der Waals surface area contributed by atoms with Crippen molar-refractivity contribution in [2.75, 3.05) is 13.2 Å². The summed E-state index contributed by atoms with van der Waals surface area (Å²) < 4.78 is 38.7. The van der Waals surface area contributed by atoms with Crippen LogP contribution in [0.1, 0.15) is 49.9 Å². The van der Waals surface area contributed by atoms with Gasteiger partial charge in [-0.2, -0.15) is 9.29 Å². The van der Waals surface area contributed by atoms with Gasteiger partial charge in [0.05, 0.1) is 17.7 Å². The molecule has 0 radical (unpaired) electrons. The smallest absolute Gasteiger partial charge is 0.252 e. The van der Waals surface area contributed by atoms with E-state index in [1.807, 2.05) is 0 Å². The Morgan fingerprint density at radius 3 is 2.81 bits per heavy atom. The van der Waals surface area contributed by atoms with Crippen molar-refractivity contribution in [3.8, 4) is 0 Å². The zero-order valence-corrected chi connectivity index (χ0v) is 16.5. The number of hydrogen-bond acceptors (Lipinski definition) is 6. The third-order valence-electron chi connectivity index (χ3n) is 4.93. The van der Waals surface area contributed by atoms with Crippen LogP contribution in [0.2, 0.25) is 5.02 Å². The molecule has 1 aliphatic carbocycles. The van der Waals surface area contributed by atoms with E-state index in [-0.39, 0.29) is 16.5 Å². The quantitative estimate of drug-likeness (QED) is 0.692. The highest BCUT2D eigenvalue weighted by Gasteiger charge is 2.38. The Morgan fingerprint density at radius 1 is 1.22 bits per heavy atom. The van der Waals surface area contributed by atoms with E-state index in [1.165, 1.54) is 23.2 Å². The van der Waals surface area contributed by atoms with Gasteiger partial charge in [0.1, 0.15) is 11.5 Å². The van der Waals surface area contributed by atoms with Crippen molar-refractivity contribution >= 4 is 21.6 Å². The summed E-state index contributed by atoms with van der Waals surface area (Å²) in [6.07, 6.45) is 4.76. The van der Waals surface area contributed by atoms with E-state index in [4.69, 9.17) is 20.9 Å². The molecular formula is C18H22ClN3O4S. The number of aromatic nitrogens is 2. The maximum Gasteiger partial charge on any atom is 0.252 e. The Balaban J connectivity index is 1.54. The predicted molar refractivity (Wildman–Crippen MR) is 98.6 cm³/mol. The SMILES string of the molecule is O=S(=O)(c1ccccc1Cl)N1CCCCC1c1noc(COCC2CC2)n1. The first-order valence-electron chi connectivity index (χ1n) is 9.22. The zero-order valence-electron chi connectivity index (χ0n) is 14.9. The summed E-state index contributed by atoms with van der Waals surface area (Å²) in [5.41, 5.74) is 0. The third kappa shape index (κ3) is 4.18. The highest BCUT2D eigenvalue weighted by Crippen LogP contribution is 2.36. The average Bonchev–Trinajstić information content (AvgIpc) is 3.37. The van der Waals surface area contributed by atoms with Crippen LogP contribution in [0, 0.1) is 5.92 Å². The van der Waals surface area contributed by atoms with Gasteiger partial charge in [-0.15, -0.1) is 0 Å². The van der Waals surface area contributed by atoms with Crippen LogP contribution >= 0.6 is 11.6 Å². The minimum absolute atomic E-state index is 0.107. The molecule has 2 heterocycles. The summed E-state index contributed by atoms with van der Waals surface area (Å²) in [5.74, 6) is 1.42. The number of ether oxygens (including phenoxy) is 1. The molecule has 27 heavy (non-hydrogen) atoms. The topological polar surface area (TPSA) is 85.5 Å². The van der Waals surface area contributed by atoms with E-state index in [0.29, 0.717) is 37.2 Å². The number of nitrogens with zero attached hydrogens (tertiary/aromatic N) is 3. The zero-order chi connectivity index (χ0) is 18.9. The second kappa shape index (κ2) is 7.87. The van der Waals surface area contributed by atoms with E-state index in [2.05, 4.69) is 10.1 Å². The first-order chi connectivity index (χ1) is 13.1. The lowest BCUT2D eigenvalue weighted by Gasteiger charge is -2.32. The third-order valence-corrected chi connectivity index (χ3v) is 7.34. The molecule has 1 aliphatic heterocycles. The van der Waals surface area contributed by atoms with Crippen LogP contribution in [0.25, 0.3) is 0 Å². The number of hydrogen-bond donors (Lipinski definition) is 0. The summed E-state index contributed by atoms with van der Waals surface area (Å²) in [6, 6.07) is 6.03. The van der Waals surface area contributed by atoms with Crippen LogP contribution in [0.4, 0.5) is 0 Å².